The summed E-state index contributed by atoms with van der Waals surface area (Å²) in [4.78, 5) is 22.2. The van der Waals surface area contributed by atoms with Crippen molar-refractivity contribution in [3.8, 4) is 0 Å². The summed E-state index contributed by atoms with van der Waals surface area (Å²) in [6, 6.07) is 0. The number of carbonyl (C=O) groups excluding carboxylic acids is 2. The molecule has 1 aliphatic heterocycles. The van der Waals surface area contributed by atoms with E-state index < -0.39 is 11.9 Å². The topological polar surface area (TPSA) is 55.4 Å². The van der Waals surface area contributed by atoms with Gasteiger partial charge in [0.05, 0.1) is 18.6 Å². The van der Waals surface area contributed by atoms with Crippen LogP contribution in [0.25, 0.3) is 0 Å². The van der Waals surface area contributed by atoms with E-state index >= 15 is 0 Å². The molecular weight excluding hydrogens is 158 g/mol. The van der Waals surface area contributed by atoms with Crippen LogP contribution in [0.15, 0.2) is 11.3 Å². The zero-order valence-corrected chi connectivity index (χ0v) is 7.30. The van der Waals surface area contributed by atoms with Gasteiger partial charge in [0.1, 0.15) is 0 Å². The second-order valence-electron chi connectivity index (χ2n) is 2.74. The van der Waals surface area contributed by atoms with Crippen molar-refractivity contribution in [2.75, 3.05) is 7.11 Å². The van der Waals surface area contributed by atoms with Gasteiger partial charge >= 0.3 is 5.97 Å². The lowest BCUT2D eigenvalue weighted by atomic mass is 10.0. The average molecular weight is 169 g/mol. The van der Waals surface area contributed by atoms with Gasteiger partial charge in [-0.3, -0.25) is 4.79 Å². The maximum Gasteiger partial charge on any atom is 0.336 e. The van der Waals surface area contributed by atoms with Gasteiger partial charge in [-0.1, -0.05) is 0 Å². The quantitative estimate of drug-likeness (QED) is 0.570. The first-order valence-electron chi connectivity index (χ1n) is 3.68. The van der Waals surface area contributed by atoms with Crippen LogP contribution in [-0.4, -0.2) is 19.0 Å². The average Bonchev–Trinajstić information content (AvgIpc) is 2.26. The van der Waals surface area contributed by atoms with Gasteiger partial charge in [0, 0.05) is 5.70 Å². The lowest BCUT2D eigenvalue weighted by Crippen LogP contribution is -2.20. The van der Waals surface area contributed by atoms with Crippen molar-refractivity contribution in [2.45, 2.75) is 13.8 Å². The molecule has 0 aromatic heterocycles. The number of hydrogen-bond acceptors (Lipinski definition) is 3. The molecule has 1 amide bonds. The minimum absolute atomic E-state index is 0.145. The highest BCUT2D eigenvalue weighted by Crippen LogP contribution is 2.21. The normalized spacial score (nSPS) is 22.6. The predicted octanol–water partition coefficient (Wildman–Crippen LogP) is 0.199. The molecule has 0 fully saturated rings. The largest absolute Gasteiger partial charge is 0.466 e. The Morgan fingerprint density at radius 2 is 2.17 bits per heavy atom. The van der Waals surface area contributed by atoms with Crippen molar-refractivity contribution in [1.82, 2.24) is 5.32 Å². The molecule has 1 unspecified atom stereocenters. The van der Waals surface area contributed by atoms with Gasteiger partial charge in [-0.05, 0) is 13.8 Å². The van der Waals surface area contributed by atoms with Crippen LogP contribution >= 0.6 is 0 Å². The third kappa shape index (κ3) is 1.20. The molecule has 0 bridgehead atoms. The summed E-state index contributed by atoms with van der Waals surface area (Å²) >= 11 is 0. The van der Waals surface area contributed by atoms with E-state index in [1.807, 2.05) is 0 Å². The van der Waals surface area contributed by atoms with Crippen LogP contribution in [0.4, 0.5) is 0 Å². The monoisotopic (exact) mass is 169 g/mol. The molecule has 12 heavy (non-hydrogen) atoms. The molecule has 1 N–H and O–H groups in total. The van der Waals surface area contributed by atoms with Gasteiger partial charge in [-0.2, -0.15) is 0 Å². The number of carbonyl (C=O) groups is 2. The first-order chi connectivity index (χ1) is 5.57. The molecule has 0 aromatic rings. The summed E-state index contributed by atoms with van der Waals surface area (Å²) in [5.74, 6) is -0.969. The molecule has 1 atom stereocenters. The number of esters is 1. The Morgan fingerprint density at radius 1 is 1.58 bits per heavy atom. The number of methoxy groups -OCH3 is 1. The van der Waals surface area contributed by atoms with Crippen LogP contribution in [0, 0.1) is 5.92 Å². The van der Waals surface area contributed by atoms with E-state index in [0.29, 0.717) is 11.3 Å². The molecule has 1 heterocycles. The number of hydrogen-bond donors (Lipinski definition) is 1. The fourth-order valence-corrected chi connectivity index (χ4v) is 1.26. The summed E-state index contributed by atoms with van der Waals surface area (Å²) in [5.41, 5.74) is 1.03. The van der Waals surface area contributed by atoms with Gasteiger partial charge in [-0.25, -0.2) is 4.79 Å². The standard InChI is InChI=1S/C8H11NO3/c1-4-6(8(11)12-3)5(2)9-7(4)10/h4H,1-3H3,(H,9,10). The van der Waals surface area contributed by atoms with Gasteiger partial charge in [-0.15, -0.1) is 0 Å². The molecule has 1 aliphatic rings. The SMILES string of the molecule is COC(=O)C1=C(C)NC(=O)C1C. The van der Waals surface area contributed by atoms with Gasteiger partial charge < -0.3 is 10.1 Å². The van der Waals surface area contributed by atoms with Crippen molar-refractivity contribution in [1.29, 1.82) is 0 Å². The van der Waals surface area contributed by atoms with Crippen LogP contribution in [0.2, 0.25) is 0 Å². The van der Waals surface area contributed by atoms with E-state index in [4.69, 9.17) is 0 Å². The minimum atomic E-state index is -0.432. The molecule has 0 spiro atoms. The zero-order chi connectivity index (χ0) is 9.30. The van der Waals surface area contributed by atoms with Crippen molar-refractivity contribution in [3.63, 3.8) is 0 Å². The summed E-state index contributed by atoms with van der Waals surface area (Å²) in [6.45, 7) is 3.37. The fraction of sp³-hybridized carbons (Fsp3) is 0.500. The number of amides is 1. The van der Waals surface area contributed by atoms with Gasteiger partial charge in [0.25, 0.3) is 0 Å². The van der Waals surface area contributed by atoms with Crippen LogP contribution < -0.4 is 5.32 Å². The Labute approximate surface area is 70.6 Å². The Morgan fingerprint density at radius 3 is 2.50 bits per heavy atom. The summed E-state index contributed by atoms with van der Waals surface area (Å²) < 4.78 is 4.53. The molecule has 66 valence electrons. The minimum Gasteiger partial charge on any atom is -0.466 e. The summed E-state index contributed by atoms with van der Waals surface area (Å²) in [5, 5.41) is 2.57. The summed E-state index contributed by atoms with van der Waals surface area (Å²) in [7, 11) is 1.30. The molecule has 4 heteroatoms. The van der Waals surface area contributed by atoms with Gasteiger partial charge in [0.15, 0.2) is 0 Å². The first-order valence-corrected chi connectivity index (χ1v) is 3.68. The number of allylic oxidation sites excluding steroid dienone is 1. The third-order valence-corrected chi connectivity index (χ3v) is 1.95. The number of ether oxygens (including phenoxy) is 1. The highest BCUT2D eigenvalue weighted by molar-refractivity contribution is 6.01. The van der Waals surface area contributed by atoms with Crippen LogP contribution in [-0.2, 0) is 14.3 Å². The van der Waals surface area contributed by atoms with Crippen LogP contribution in [0.3, 0.4) is 0 Å². The molecule has 4 nitrogen and oxygen atoms in total. The second kappa shape index (κ2) is 2.97. The van der Waals surface area contributed by atoms with Crippen molar-refractivity contribution < 1.29 is 14.3 Å². The summed E-state index contributed by atoms with van der Waals surface area (Å²) in [6.07, 6.45) is 0. The Kier molecular flexibility index (Phi) is 2.17. The van der Waals surface area contributed by atoms with Crippen LogP contribution in [0.5, 0.6) is 0 Å². The molecule has 0 aliphatic carbocycles. The lowest BCUT2D eigenvalue weighted by Gasteiger charge is -2.03. The Bertz CT molecular complexity index is 267. The number of rotatable bonds is 1. The highest BCUT2D eigenvalue weighted by atomic mass is 16.5. The van der Waals surface area contributed by atoms with E-state index in [-0.39, 0.29) is 5.91 Å². The van der Waals surface area contributed by atoms with Crippen molar-refractivity contribution >= 4 is 11.9 Å². The maximum absolute atomic E-state index is 11.1. The molecular formula is C8H11NO3. The van der Waals surface area contributed by atoms with Gasteiger partial charge in [0.2, 0.25) is 5.91 Å². The molecule has 0 aromatic carbocycles. The predicted molar refractivity (Wildman–Crippen MR) is 42.0 cm³/mol. The molecule has 0 radical (unpaired) electrons. The van der Waals surface area contributed by atoms with Crippen LogP contribution in [0.1, 0.15) is 13.8 Å². The first kappa shape index (κ1) is 8.77. The highest BCUT2D eigenvalue weighted by Gasteiger charge is 2.32. The Hall–Kier alpha value is -1.32. The van der Waals surface area contributed by atoms with Crippen molar-refractivity contribution in [3.05, 3.63) is 11.3 Å². The second-order valence-corrected chi connectivity index (χ2v) is 2.74. The zero-order valence-electron chi connectivity index (χ0n) is 7.30. The van der Waals surface area contributed by atoms with E-state index in [9.17, 15) is 9.59 Å². The van der Waals surface area contributed by atoms with E-state index in [1.165, 1.54) is 7.11 Å². The number of nitrogens with one attached hydrogen (secondary N) is 1. The maximum atomic E-state index is 11.1. The fourth-order valence-electron chi connectivity index (χ4n) is 1.26. The van der Waals surface area contributed by atoms with E-state index in [1.54, 1.807) is 13.8 Å². The Balaban J connectivity index is 2.95. The van der Waals surface area contributed by atoms with Crippen molar-refractivity contribution in [2.24, 2.45) is 5.92 Å². The smallest absolute Gasteiger partial charge is 0.336 e. The van der Waals surface area contributed by atoms with E-state index in [0.717, 1.165) is 0 Å². The van der Waals surface area contributed by atoms with E-state index in [2.05, 4.69) is 10.1 Å². The molecule has 0 saturated heterocycles. The third-order valence-electron chi connectivity index (χ3n) is 1.95. The molecule has 1 rings (SSSR count). The molecule has 0 saturated carbocycles. The lowest BCUT2D eigenvalue weighted by molar-refractivity contribution is -0.137.